The molecule has 1 aromatic rings. The standard InChI is InChI=1S/C12H17NS2/c1-14-9-4-5-10(11(8-9)15-2)12(13)6-3-7-12/h4-5,8H,3,6-7,13H2,1-2H3. The molecule has 1 aliphatic rings. The molecule has 0 unspecified atom stereocenters. The molecule has 0 bridgehead atoms. The summed E-state index contributed by atoms with van der Waals surface area (Å²) in [4.78, 5) is 2.68. The minimum Gasteiger partial charge on any atom is -0.321 e. The van der Waals surface area contributed by atoms with Crippen LogP contribution in [0.5, 0.6) is 0 Å². The van der Waals surface area contributed by atoms with Crippen LogP contribution in [0.3, 0.4) is 0 Å². The molecular weight excluding hydrogens is 222 g/mol. The van der Waals surface area contributed by atoms with E-state index in [9.17, 15) is 0 Å². The van der Waals surface area contributed by atoms with Crippen LogP contribution in [0, 0.1) is 0 Å². The molecule has 0 radical (unpaired) electrons. The van der Waals surface area contributed by atoms with Gasteiger partial charge in [0.15, 0.2) is 0 Å². The highest BCUT2D eigenvalue weighted by molar-refractivity contribution is 7.99. The van der Waals surface area contributed by atoms with Gasteiger partial charge in [0.25, 0.3) is 0 Å². The first kappa shape index (κ1) is 11.4. The Labute approximate surface area is 100 Å². The minimum absolute atomic E-state index is 0.0325. The molecule has 2 N–H and O–H groups in total. The molecule has 15 heavy (non-hydrogen) atoms. The predicted molar refractivity (Wildman–Crippen MR) is 69.7 cm³/mol. The predicted octanol–water partition coefficient (Wildman–Crippen LogP) is 3.47. The van der Waals surface area contributed by atoms with Gasteiger partial charge in [-0.2, -0.15) is 0 Å². The average molecular weight is 239 g/mol. The number of thioether (sulfide) groups is 2. The van der Waals surface area contributed by atoms with Crippen LogP contribution < -0.4 is 5.73 Å². The molecule has 2 rings (SSSR count). The Morgan fingerprint density at radius 3 is 2.40 bits per heavy atom. The Morgan fingerprint density at radius 1 is 1.20 bits per heavy atom. The first-order chi connectivity index (χ1) is 7.19. The molecule has 0 saturated heterocycles. The summed E-state index contributed by atoms with van der Waals surface area (Å²) in [5, 5.41) is 0. The van der Waals surface area contributed by atoms with E-state index in [0.29, 0.717) is 0 Å². The summed E-state index contributed by atoms with van der Waals surface area (Å²) in [6, 6.07) is 6.67. The number of nitrogens with two attached hydrogens (primary N) is 1. The molecule has 1 aromatic carbocycles. The van der Waals surface area contributed by atoms with E-state index in [-0.39, 0.29) is 5.54 Å². The number of hydrogen-bond donors (Lipinski definition) is 1. The van der Waals surface area contributed by atoms with Crippen LogP contribution in [0.1, 0.15) is 24.8 Å². The topological polar surface area (TPSA) is 26.0 Å². The lowest BCUT2D eigenvalue weighted by Gasteiger charge is -2.39. The quantitative estimate of drug-likeness (QED) is 0.818. The summed E-state index contributed by atoms with van der Waals surface area (Å²) < 4.78 is 0. The van der Waals surface area contributed by atoms with Gasteiger partial charge in [0, 0.05) is 15.3 Å². The molecule has 82 valence electrons. The molecule has 0 amide bonds. The van der Waals surface area contributed by atoms with E-state index in [4.69, 9.17) is 5.73 Å². The van der Waals surface area contributed by atoms with Gasteiger partial charge in [0.2, 0.25) is 0 Å². The molecule has 1 nitrogen and oxygen atoms in total. The first-order valence-corrected chi connectivity index (χ1v) is 7.66. The fourth-order valence-electron chi connectivity index (χ4n) is 2.04. The van der Waals surface area contributed by atoms with Crippen molar-refractivity contribution >= 4 is 23.5 Å². The van der Waals surface area contributed by atoms with E-state index in [1.807, 2.05) is 11.8 Å². The van der Waals surface area contributed by atoms with Crippen LogP contribution in [0.2, 0.25) is 0 Å². The molecule has 0 atom stereocenters. The van der Waals surface area contributed by atoms with Crippen LogP contribution in [-0.4, -0.2) is 12.5 Å². The molecule has 0 spiro atoms. The normalized spacial score (nSPS) is 18.6. The summed E-state index contributed by atoms with van der Waals surface area (Å²) in [5.41, 5.74) is 7.69. The Kier molecular flexibility index (Phi) is 3.33. The molecule has 0 heterocycles. The van der Waals surface area contributed by atoms with Gasteiger partial charge in [-0.05, 0) is 49.5 Å². The molecule has 1 aliphatic carbocycles. The molecular formula is C12H17NS2. The zero-order chi connectivity index (χ0) is 10.9. The molecule has 0 aromatic heterocycles. The summed E-state index contributed by atoms with van der Waals surface area (Å²) in [6.07, 6.45) is 7.79. The third-order valence-electron chi connectivity index (χ3n) is 3.19. The Balaban J connectivity index is 2.38. The third kappa shape index (κ3) is 2.05. The second-order valence-electron chi connectivity index (χ2n) is 4.08. The zero-order valence-corrected chi connectivity index (χ0v) is 10.9. The van der Waals surface area contributed by atoms with Crippen molar-refractivity contribution in [2.24, 2.45) is 5.73 Å². The minimum atomic E-state index is -0.0325. The number of benzene rings is 1. The summed E-state index contributed by atoms with van der Waals surface area (Å²) in [5.74, 6) is 0. The monoisotopic (exact) mass is 239 g/mol. The van der Waals surface area contributed by atoms with Gasteiger partial charge in [0.05, 0.1) is 0 Å². The molecule has 0 aliphatic heterocycles. The highest BCUT2D eigenvalue weighted by atomic mass is 32.2. The SMILES string of the molecule is CSc1ccc(C2(N)CCC2)c(SC)c1. The number of hydrogen-bond acceptors (Lipinski definition) is 3. The third-order valence-corrected chi connectivity index (χ3v) is 4.69. The van der Waals surface area contributed by atoms with Crippen molar-refractivity contribution in [3.05, 3.63) is 23.8 Å². The summed E-state index contributed by atoms with van der Waals surface area (Å²) >= 11 is 3.60. The number of rotatable bonds is 3. The van der Waals surface area contributed by atoms with Crippen molar-refractivity contribution in [2.45, 2.75) is 34.6 Å². The van der Waals surface area contributed by atoms with Gasteiger partial charge >= 0.3 is 0 Å². The Morgan fingerprint density at radius 2 is 1.93 bits per heavy atom. The van der Waals surface area contributed by atoms with Gasteiger partial charge in [-0.25, -0.2) is 0 Å². The largest absolute Gasteiger partial charge is 0.321 e. The van der Waals surface area contributed by atoms with E-state index in [1.54, 1.807) is 11.8 Å². The smallest absolute Gasteiger partial charge is 0.0420 e. The molecule has 3 heteroatoms. The lowest BCUT2D eigenvalue weighted by atomic mass is 9.73. The van der Waals surface area contributed by atoms with Gasteiger partial charge in [-0.15, -0.1) is 23.5 Å². The Hall–Kier alpha value is -0.120. The van der Waals surface area contributed by atoms with Crippen LogP contribution in [0.4, 0.5) is 0 Å². The van der Waals surface area contributed by atoms with Crippen molar-refractivity contribution in [2.75, 3.05) is 12.5 Å². The van der Waals surface area contributed by atoms with Gasteiger partial charge in [0.1, 0.15) is 0 Å². The van der Waals surface area contributed by atoms with Crippen molar-refractivity contribution < 1.29 is 0 Å². The van der Waals surface area contributed by atoms with Crippen molar-refractivity contribution in [1.29, 1.82) is 0 Å². The van der Waals surface area contributed by atoms with Crippen LogP contribution in [0.25, 0.3) is 0 Å². The van der Waals surface area contributed by atoms with E-state index in [0.717, 1.165) is 12.8 Å². The van der Waals surface area contributed by atoms with Gasteiger partial charge < -0.3 is 5.73 Å². The average Bonchev–Trinajstić information content (AvgIpc) is 2.25. The van der Waals surface area contributed by atoms with Crippen molar-refractivity contribution in [1.82, 2.24) is 0 Å². The summed E-state index contributed by atoms with van der Waals surface area (Å²) in [7, 11) is 0. The second kappa shape index (κ2) is 4.40. The lowest BCUT2D eigenvalue weighted by Crippen LogP contribution is -2.43. The van der Waals surface area contributed by atoms with Crippen molar-refractivity contribution in [3.8, 4) is 0 Å². The first-order valence-electron chi connectivity index (χ1n) is 5.21. The maximum atomic E-state index is 6.37. The van der Waals surface area contributed by atoms with Gasteiger partial charge in [-0.1, -0.05) is 6.07 Å². The highest BCUT2D eigenvalue weighted by Crippen LogP contribution is 2.43. The zero-order valence-electron chi connectivity index (χ0n) is 9.25. The van der Waals surface area contributed by atoms with Crippen LogP contribution in [-0.2, 0) is 5.54 Å². The van der Waals surface area contributed by atoms with Crippen LogP contribution >= 0.6 is 23.5 Å². The van der Waals surface area contributed by atoms with E-state index < -0.39 is 0 Å². The van der Waals surface area contributed by atoms with Crippen LogP contribution in [0.15, 0.2) is 28.0 Å². The fourth-order valence-corrected chi connectivity index (χ4v) is 3.29. The summed E-state index contributed by atoms with van der Waals surface area (Å²) in [6.45, 7) is 0. The van der Waals surface area contributed by atoms with Crippen molar-refractivity contribution in [3.63, 3.8) is 0 Å². The van der Waals surface area contributed by atoms with E-state index in [2.05, 4.69) is 30.7 Å². The Bertz CT molecular complexity index is 359. The maximum Gasteiger partial charge on any atom is 0.0420 e. The lowest BCUT2D eigenvalue weighted by molar-refractivity contribution is 0.249. The molecule has 1 saturated carbocycles. The highest BCUT2D eigenvalue weighted by Gasteiger charge is 2.35. The van der Waals surface area contributed by atoms with Gasteiger partial charge in [-0.3, -0.25) is 0 Å². The molecule has 1 fully saturated rings. The van der Waals surface area contributed by atoms with E-state index >= 15 is 0 Å². The fraction of sp³-hybridized carbons (Fsp3) is 0.500. The maximum absolute atomic E-state index is 6.37. The van der Waals surface area contributed by atoms with E-state index in [1.165, 1.54) is 21.8 Å². The second-order valence-corrected chi connectivity index (χ2v) is 5.80.